The Morgan fingerprint density at radius 2 is 0.535 bits per heavy atom. The minimum absolute atomic E-state index is 0.0739. The highest BCUT2D eigenvalue weighted by Gasteiger charge is 2.50. The van der Waals surface area contributed by atoms with Crippen molar-refractivity contribution in [3.63, 3.8) is 0 Å². The van der Waals surface area contributed by atoms with Crippen molar-refractivity contribution in [3.8, 4) is 41.8 Å². The van der Waals surface area contributed by atoms with Gasteiger partial charge < -0.3 is 87.3 Å². The molecule has 12 atom stereocenters. The molecule has 7 saturated carbocycles. The highest BCUT2D eigenvalue weighted by atomic mass is 32.1. The molecule has 0 aromatic carbocycles. The van der Waals surface area contributed by atoms with Crippen molar-refractivity contribution in [3.05, 3.63) is 114 Å². The number of nitrogens with one attached hydrogen (secondary N) is 8. The molecule has 9 aliphatic heterocycles. The fourth-order valence-corrected chi connectivity index (χ4v) is 27.9. The molecule has 12 N–H and O–H groups in total. The van der Waals surface area contributed by atoms with Gasteiger partial charge >= 0.3 is 0 Å². The number of aliphatic hydroxyl groups excluding tert-OH is 4. The second kappa shape index (κ2) is 41.1. The standard InChI is InChI=1S/C27H35N5O3S.C26H33N5O4S.2C26H33N5O3S/c1-14-12-22(29-15(2)16-6-7-16)28-13-19(14)24-23(27(35)32-17-8-9-18(32)11-10-17)31-26(36-24)25(34)30-20-4-3-5-21(20)33;1-13-9-21(28-14(2)15-3-4-15)27-10-18(13)23-22(26(34)31-16-5-6-17(31)8-7-16)30-25(36-23)24(33)29-19-11-35-12-20(19)32;2*1-13-11-21(28-14(2)15-3-4-15)27-12-18(13)23-22(26(34)31-16-5-6-17(31)8-7-16)30-25(35-23)24(33)29-19-9-10-20(19)32/h12-13,15-18,20-21,33H,3-11H2,1-2H3,(H,28,29)(H,30,34);9-10,14-17,19-20,32H,3-8,11-12H2,1-2H3,(H,27,28)(H,29,33);2*11-12,14-17,19-20,32H,3-10H2,1-2H3,(H,27,28)(H,29,33)/t15-,17?,18?,20-,21-;14-,16?,17?,19-,20-;14-,16?,17?,19+,20+;14-,16?,17?,19-,20-/m1111/s1. The molecule has 0 unspecified atom stereocenters. The average molecular weight is 2010 g/mol. The normalized spacial score (nSPS) is 28.0. The molecule has 16 aliphatic rings. The maximum Gasteiger partial charge on any atom is 0.280 e. The van der Waals surface area contributed by atoms with Crippen molar-refractivity contribution in [2.24, 2.45) is 23.7 Å². The van der Waals surface area contributed by atoms with E-state index in [1.54, 1.807) is 18.6 Å². The van der Waals surface area contributed by atoms with Gasteiger partial charge in [-0.3, -0.25) is 38.4 Å². The van der Waals surface area contributed by atoms with Crippen LogP contribution in [-0.2, 0) is 4.74 Å². The van der Waals surface area contributed by atoms with Crippen molar-refractivity contribution in [1.29, 1.82) is 0 Å². The molecule has 16 fully saturated rings. The Balaban J connectivity index is 0.000000112. The van der Waals surface area contributed by atoms with Crippen LogP contribution in [0.2, 0.25) is 0 Å². The predicted molar refractivity (Wildman–Crippen MR) is 545 cm³/mol. The first-order valence-corrected chi connectivity index (χ1v) is 55.6. The van der Waals surface area contributed by atoms with Gasteiger partial charge in [-0.2, -0.15) is 0 Å². The van der Waals surface area contributed by atoms with Crippen LogP contribution < -0.4 is 42.5 Å². The van der Waals surface area contributed by atoms with E-state index in [9.17, 15) is 58.8 Å². The molecule has 9 saturated heterocycles. The van der Waals surface area contributed by atoms with Crippen LogP contribution in [0.25, 0.3) is 41.8 Å². The van der Waals surface area contributed by atoms with Crippen LogP contribution in [0.4, 0.5) is 23.3 Å². The third-order valence-corrected chi connectivity index (χ3v) is 37.7. The van der Waals surface area contributed by atoms with Gasteiger partial charge in [0.05, 0.1) is 81.3 Å². The van der Waals surface area contributed by atoms with Gasteiger partial charge in [-0.15, -0.1) is 45.3 Å². The predicted octanol–water partition coefficient (Wildman–Crippen LogP) is 14.6. The number of hydrogen-bond acceptors (Lipinski definition) is 29. The monoisotopic (exact) mass is 2010 g/mol. The summed E-state index contributed by atoms with van der Waals surface area (Å²) in [6.45, 7) is 17.3. The minimum Gasteiger partial charge on any atom is -0.391 e. The maximum atomic E-state index is 13.8. The Morgan fingerprint density at radius 3 is 0.725 bits per heavy atom. The van der Waals surface area contributed by atoms with Gasteiger partial charge in [0, 0.05) is 120 Å². The van der Waals surface area contributed by atoms with Crippen molar-refractivity contribution in [2.45, 2.75) is 376 Å². The van der Waals surface area contributed by atoms with E-state index >= 15 is 0 Å². The molecular weight excluding hydrogens is 1880 g/mol. The summed E-state index contributed by atoms with van der Waals surface area (Å²) < 4.78 is 5.26. The molecule has 0 spiro atoms. The number of hydrogen-bond donors (Lipinski definition) is 12. The Bertz CT molecular complexity index is 5690. The van der Waals surface area contributed by atoms with E-state index in [0.29, 0.717) is 109 Å². The number of ether oxygens (including phenoxy) is 1. The van der Waals surface area contributed by atoms with Crippen LogP contribution in [-0.4, -0.2) is 261 Å². The Kier molecular flexibility index (Phi) is 28.3. The summed E-state index contributed by atoms with van der Waals surface area (Å²) in [7, 11) is 0. The maximum absolute atomic E-state index is 13.8. The molecule has 8 aromatic heterocycles. The Labute approximate surface area is 844 Å². The van der Waals surface area contributed by atoms with Gasteiger partial charge in [-0.25, -0.2) is 39.9 Å². The quantitative estimate of drug-likeness (QED) is 0.0217. The molecule has 8 amide bonds. The lowest BCUT2D eigenvalue weighted by atomic mass is 9.89. The first kappa shape index (κ1) is 97.9. The van der Waals surface area contributed by atoms with E-state index in [1.165, 1.54) is 96.7 Å². The lowest BCUT2D eigenvalue weighted by molar-refractivity contribution is 0.0447. The molecule has 756 valence electrons. The van der Waals surface area contributed by atoms with Crippen molar-refractivity contribution < 1.29 is 63.5 Å². The number of thiazole rings is 4. The SMILES string of the molecule is Cc1cc(N[C@H](C)C2CC2)ncc1-c1sc(C(=O)N[C@@H]2CCC[C@H]2O)nc1C(=O)N1C2CCC1CC2.Cc1cc(N[C@H](C)C2CC2)ncc1-c1sc(C(=O)N[C@@H]2CC[C@H]2O)nc1C(=O)N1C2CCC1CC2.Cc1cc(N[C@H](C)C2CC2)ncc1-c1sc(C(=O)N[C@@H]2COC[C@H]2O)nc1C(=O)N1C2CCC1CC2.Cc1cc(N[C@H](C)C2CC2)ncc1-c1sc(C(=O)N[C@H]2CC[C@@H]2O)nc1C(=O)N1C2CCC1CC2. The highest BCUT2D eigenvalue weighted by Crippen LogP contribution is 2.49. The number of carbonyl (C=O) groups excluding carboxylic acids is 8. The lowest BCUT2D eigenvalue weighted by Gasteiger charge is -2.32. The summed E-state index contributed by atoms with van der Waals surface area (Å²) >= 11 is 4.95. The van der Waals surface area contributed by atoms with Crippen LogP contribution in [0.5, 0.6) is 0 Å². The molecule has 8 aromatic rings. The molecule has 17 heterocycles. The smallest absolute Gasteiger partial charge is 0.280 e. The summed E-state index contributed by atoms with van der Waals surface area (Å²) in [5.41, 5.74) is 8.67. The third kappa shape index (κ3) is 20.6. The molecule has 33 nitrogen and oxygen atoms in total. The second-order valence-corrected chi connectivity index (χ2v) is 47.3. The largest absolute Gasteiger partial charge is 0.391 e. The van der Waals surface area contributed by atoms with E-state index < -0.39 is 36.4 Å². The number of nitrogens with zero attached hydrogens (tertiary/aromatic N) is 12. The van der Waals surface area contributed by atoms with E-state index in [2.05, 4.69) is 110 Å². The molecule has 8 bridgehead atoms. The van der Waals surface area contributed by atoms with Gasteiger partial charge in [-0.05, 0) is 325 Å². The molecule has 142 heavy (non-hydrogen) atoms. The zero-order valence-corrected chi connectivity index (χ0v) is 85.5. The van der Waals surface area contributed by atoms with Crippen LogP contribution >= 0.6 is 45.3 Å². The zero-order chi connectivity index (χ0) is 98.5. The molecular formula is C105H134N20O13S4. The summed E-state index contributed by atoms with van der Waals surface area (Å²) in [6.07, 6.45) is 36.9. The second-order valence-electron chi connectivity index (χ2n) is 43.3. The minimum atomic E-state index is -0.751. The van der Waals surface area contributed by atoms with Gasteiger partial charge in [0.1, 0.15) is 46.0 Å². The van der Waals surface area contributed by atoms with E-state index in [0.717, 1.165) is 196 Å². The molecule has 7 aliphatic carbocycles. The summed E-state index contributed by atoms with van der Waals surface area (Å²) in [4.78, 5) is 155. The lowest BCUT2D eigenvalue weighted by Crippen LogP contribution is -2.50. The number of aromatic nitrogens is 8. The Morgan fingerprint density at radius 1 is 0.303 bits per heavy atom. The topological polar surface area (TPSA) is 439 Å². The van der Waals surface area contributed by atoms with Crippen LogP contribution in [0.15, 0.2) is 49.1 Å². The van der Waals surface area contributed by atoms with E-state index in [-0.39, 0.29) is 141 Å². The van der Waals surface area contributed by atoms with Crippen LogP contribution in [0, 0.1) is 51.4 Å². The van der Waals surface area contributed by atoms with Crippen molar-refractivity contribution in [1.82, 2.24) is 80.7 Å². The number of fused-ring (bicyclic) bond motifs is 8. The first-order chi connectivity index (χ1) is 68.5. The van der Waals surface area contributed by atoms with Gasteiger partial charge in [-0.1, -0.05) is 0 Å². The average Bonchev–Trinajstić information content (AvgIpc) is 1.62. The van der Waals surface area contributed by atoms with E-state index in [4.69, 9.17) is 4.74 Å². The fourth-order valence-electron chi connectivity index (χ4n) is 23.7. The van der Waals surface area contributed by atoms with Crippen molar-refractivity contribution >= 4 is 116 Å². The third-order valence-electron chi connectivity index (χ3n) is 33.4. The fraction of sp³-hybridized carbons (Fsp3) is 0.619. The van der Waals surface area contributed by atoms with Crippen molar-refractivity contribution in [2.75, 3.05) is 34.5 Å². The van der Waals surface area contributed by atoms with E-state index in [1.807, 2.05) is 77.8 Å². The zero-order valence-electron chi connectivity index (χ0n) is 82.3. The van der Waals surface area contributed by atoms with Gasteiger partial charge in [0.15, 0.2) is 20.0 Å². The summed E-state index contributed by atoms with van der Waals surface area (Å²) in [5.74, 6) is 4.46. The number of aryl methyl sites for hydroxylation is 4. The molecule has 0 radical (unpaired) electrons. The number of rotatable bonds is 28. The number of anilines is 4. The number of carbonyl (C=O) groups is 8. The van der Waals surface area contributed by atoms with Crippen LogP contribution in [0.1, 0.15) is 330 Å². The highest BCUT2D eigenvalue weighted by molar-refractivity contribution is 7.18. The number of amides is 8. The van der Waals surface area contributed by atoms with Gasteiger partial charge in [0.2, 0.25) is 0 Å². The molecule has 24 rings (SSSR count). The molecule has 37 heteroatoms. The Hall–Kier alpha value is -10.1. The summed E-state index contributed by atoms with van der Waals surface area (Å²) in [6, 6.07) is 10.5. The first-order valence-electron chi connectivity index (χ1n) is 52.4. The van der Waals surface area contributed by atoms with Gasteiger partial charge in [0.25, 0.3) is 47.3 Å². The number of aliphatic hydroxyl groups is 4. The summed E-state index contributed by atoms with van der Waals surface area (Å²) in [5, 5.41) is 66.6. The number of pyridine rings is 4. The van der Waals surface area contributed by atoms with Crippen LogP contribution in [0.3, 0.4) is 0 Å².